The third-order valence-corrected chi connectivity index (χ3v) is 0.964. The van der Waals surface area contributed by atoms with Crippen LogP contribution < -0.4 is 0 Å². The minimum absolute atomic E-state index is 0. The van der Waals surface area contributed by atoms with Crippen molar-refractivity contribution in [2.75, 3.05) is 13.2 Å². The third kappa shape index (κ3) is 8.61. The van der Waals surface area contributed by atoms with E-state index in [9.17, 15) is 0 Å². The van der Waals surface area contributed by atoms with Gasteiger partial charge in [0, 0.05) is 6.61 Å². The molecule has 3 nitrogen and oxygen atoms in total. The third-order valence-electron chi connectivity index (χ3n) is 0.964. The van der Waals surface area contributed by atoms with Gasteiger partial charge in [-0.1, -0.05) is 13.3 Å². The van der Waals surface area contributed by atoms with Crippen molar-refractivity contribution in [1.29, 1.82) is 0 Å². The standard InChI is InChI=1S/C6H14O3.HI/c1-2-3-4-9-6(8)5-7;/h6-8H,2-5H2,1H3;1H. The summed E-state index contributed by atoms with van der Waals surface area (Å²) in [6.07, 6.45) is 0.978. The van der Waals surface area contributed by atoms with Crippen molar-refractivity contribution in [2.24, 2.45) is 0 Å². The van der Waals surface area contributed by atoms with Gasteiger partial charge in [0.15, 0.2) is 6.29 Å². The van der Waals surface area contributed by atoms with Crippen LogP contribution in [0.4, 0.5) is 0 Å². The fraction of sp³-hybridized carbons (Fsp3) is 1.00. The number of halogens is 1. The highest BCUT2D eigenvalue weighted by Crippen LogP contribution is 1.90. The molecule has 0 aliphatic carbocycles. The molecule has 0 fully saturated rings. The van der Waals surface area contributed by atoms with Gasteiger partial charge in [0.1, 0.15) is 0 Å². The molecular weight excluding hydrogens is 247 g/mol. The first-order chi connectivity index (χ1) is 4.31. The molecule has 1 atom stereocenters. The van der Waals surface area contributed by atoms with Gasteiger partial charge in [-0.15, -0.1) is 24.0 Å². The van der Waals surface area contributed by atoms with Gasteiger partial charge in [-0.05, 0) is 6.42 Å². The van der Waals surface area contributed by atoms with Gasteiger partial charge in [-0.2, -0.15) is 0 Å². The molecule has 64 valence electrons. The molecule has 0 saturated carbocycles. The van der Waals surface area contributed by atoms with Crippen LogP contribution in [0.1, 0.15) is 19.8 Å². The first-order valence-electron chi connectivity index (χ1n) is 3.21. The van der Waals surface area contributed by atoms with E-state index in [1.807, 2.05) is 6.92 Å². The Morgan fingerprint density at radius 2 is 2.10 bits per heavy atom. The predicted octanol–water partition coefficient (Wildman–Crippen LogP) is 0.732. The molecule has 0 bridgehead atoms. The molecule has 0 aromatic rings. The lowest BCUT2D eigenvalue weighted by Gasteiger charge is -2.06. The summed E-state index contributed by atoms with van der Waals surface area (Å²) in [4.78, 5) is 0. The van der Waals surface area contributed by atoms with Crippen LogP contribution >= 0.6 is 24.0 Å². The fourth-order valence-electron chi connectivity index (χ4n) is 0.416. The number of hydrogen-bond donors (Lipinski definition) is 2. The summed E-state index contributed by atoms with van der Waals surface area (Å²) in [5.41, 5.74) is 0. The maximum absolute atomic E-state index is 8.61. The van der Waals surface area contributed by atoms with E-state index in [4.69, 9.17) is 14.9 Å². The Bertz CT molecular complexity index is 61.0. The normalized spacial score (nSPS) is 12.3. The van der Waals surface area contributed by atoms with Gasteiger partial charge in [-0.25, -0.2) is 0 Å². The van der Waals surface area contributed by atoms with Crippen LogP contribution in [0.25, 0.3) is 0 Å². The first-order valence-corrected chi connectivity index (χ1v) is 3.21. The molecule has 2 N–H and O–H groups in total. The number of unbranched alkanes of at least 4 members (excludes halogenated alkanes) is 1. The molecule has 0 rings (SSSR count). The smallest absolute Gasteiger partial charge is 0.177 e. The van der Waals surface area contributed by atoms with Crippen molar-refractivity contribution in [2.45, 2.75) is 26.1 Å². The fourth-order valence-corrected chi connectivity index (χ4v) is 0.416. The van der Waals surface area contributed by atoms with Crippen LogP contribution in [0.2, 0.25) is 0 Å². The molecule has 0 aliphatic rings. The molecule has 0 spiro atoms. The molecule has 0 aromatic carbocycles. The van der Waals surface area contributed by atoms with Gasteiger partial charge >= 0.3 is 0 Å². The topological polar surface area (TPSA) is 49.7 Å². The zero-order valence-electron chi connectivity index (χ0n) is 6.12. The Morgan fingerprint density at radius 1 is 1.50 bits per heavy atom. The van der Waals surface area contributed by atoms with E-state index >= 15 is 0 Å². The monoisotopic (exact) mass is 262 g/mol. The maximum atomic E-state index is 8.61. The highest BCUT2D eigenvalue weighted by molar-refractivity contribution is 14.0. The van der Waals surface area contributed by atoms with Crippen LogP contribution in [0.3, 0.4) is 0 Å². The second kappa shape index (κ2) is 9.61. The first kappa shape index (κ1) is 13.2. The molecular formula is C6H15IO3. The van der Waals surface area contributed by atoms with Crippen molar-refractivity contribution >= 4 is 24.0 Å². The van der Waals surface area contributed by atoms with Crippen LogP contribution in [0.5, 0.6) is 0 Å². The molecule has 0 radical (unpaired) electrons. The summed E-state index contributed by atoms with van der Waals surface area (Å²) in [5.74, 6) is 0. The summed E-state index contributed by atoms with van der Waals surface area (Å²) in [6.45, 7) is 2.25. The second-order valence-electron chi connectivity index (χ2n) is 1.86. The lowest BCUT2D eigenvalue weighted by atomic mass is 10.4. The SMILES string of the molecule is CCCCOC(O)CO.I. The molecule has 10 heavy (non-hydrogen) atoms. The van der Waals surface area contributed by atoms with E-state index < -0.39 is 6.29 Å². The van der Waals surface area contributed by atoms with Crippen LogP contribution in [0.15, 0.2) is 0 Å². The molecule has 0 aliphatic heterocycles. The summed E-state index contributed by atoms with van der Waals surface area (Å²) in [7, 11) is 0. The largest absolute Gasteiger partial charge is 0.391 e. The Kier molecular flexibility index (Phi) is 12.7. The van der Waals surface area contributed by atoms with Gasteiger partial charge in [0.05, 0.1) is 6.61 Å². The Labute approximate surface area is 78.4 Å². The molecule has 0 aromatic heterocycles. The zero-order chi connectivity index (χ0) is 7.11. The van der Waals surface area contributed by atoms with Crippen molar-refractivity contribution in [1.82, 2.24) is 0 Å². The van der Waals surface area contributed by atoms with Gasteiger partial charge in [-0.3, -0.25) is 0 Å². The molecule has 0 heterocycles. The van der Waals surface area contributed by atoms with Crippen molar-refractivity contribution in [3.05, 3.63) is 0 Å². The summed E-state index contributed by atoms with van der Waals surface area (Å²) in [5, 5.41) is 16.9. The number of aliphatic hydroxyl groups is 2. The average Bonchev–Trinajstić information content (AvgIpc) is 1.89. The van der Waals surface area contributed by atoms with Crippen molar-refractivity contribution in [3.63, 3.8) is 0 Å². The number of aliphatic hydroxyl groups excluding tert-OH is 2. The van der Waals surface area contributed by atoms with E-state index in [-0.39, 0.29) is 30.6 Å². The summed E-state index contributed by atoms with van der Waals surface area (Å²) < 4.78 is 4.74. The van der Waals surface area contributed by atoms with Gasteiger partial charge in [0.25, 0.3) is 0 Å². The zero-order valence-corrected chi connectivity index (χ0v) is 8.45. The van der Waals surface area contributed by atoms with E-state index in [2.05, 4.69) is 0 Å². The lowest BCUT2D eigenvalue weighted by Crippen LogP contribution is -2.16. The van der Waals surface area contributed by atoms with E-state index in [1.54, 1.807) is 0 Å². The summed E-state index contributed by atoms with van der Waals surface area (Å²) >= 11 is 0. The highest BCUT2D eigenvalue weighted by Gasteiger charge is 1.98. The Morgan fingerprint density at radius 3 is 2.50 bits per heavy atom. The molecule has 1 unspecified atom stereocenters. The second-order valence-corrected chi connectivity index (χ2v) is 1.86. The number of hydrogen-bond acceptors (Lipinski definition) is 3. The Balaban J connectivity index is 0. The number of ether oxygens (including phenoxy) is 1. The molecule has 0 saturated heterocycles. The van der Waals surface area contributed by atoms with E-state index in [0.29, 0.717) is 6.61 Å². The number of rotatable bonds is 5. The predicted molar refractivity (Wildman–Crippen MR) is 49.4 cm³/mol. The van der Waals surface area contributed by atoms with Crippen LogP contribution in [0, 0.1) is 0 Å². The minimum Gasteiger partial charge on any atom is -0.391 e. The van der Waals surface area contributed by atoms with Crippen molar-refractivity contribution in [3.8, 4) is 0 Å². The lowest BCUT2D eigenvalue weighted by molar-refractivity contribution is -0.124. The highest BCUT2D eigenvalue weighted by atomic mass is 127. The summed E-state index contributed by atoms with van der Waals surface area (Å²) in [6, 6.07) is 0. The quantitative estimate of drug-likeness (QED) is 0.436. The molecule has 4 heteroatoms. The average molecular weight is 262 g/mol. The van der Waals surface area contributed by atoms with Crippen LogP contribution in [-0.2, 0) is 4.74 Å². The maximum Gasteiger partial charge on any atom is 0.177 e. The van der Waals surface area contributed by atoms with Crippen LogP contribution in [-0.4, -0.2) is 29.7 Å². The van der Waals surface area contributed by atoms with Gasteiger partial charge in [0.2, 0.25) is 0 Å². The van der Waals surface area contributed by atoms with E-state index in [0.717, 1.165) is 12.8 Å². The van der Waals surface area contributed by atoms with Gasteiger partial charge < -0.3 is 14.9 Å². The molecule has 0 amide bonds. The Hall–Kier alpha value is 0.610. The minimum atomic E-state index is -0.989. The van der Waals surface area contributed by atoms with E-state index in [1.165, 1.54) is 0 Å². The van der Waals surface area contributed by atoms with Crippen molar-refractivity contribution < 1.29 is 14.9 Å².